The van der Waals surface area contributed by atoms with Gasteiger partial charge in [0.25, 0.3) is 0 Å². The molecule has 0 aliphatic carbocycles. The highest BCUT2D eigenvalue weighted by Gasteiger charge is 2.07. The van der Waals surface area contributed by atoms with Gasteiger partial charge in [-0.2, -0.15) is 0 Å². The molecule has 0 bridgehead atoms. The third kappa shape index (κ3) is 2.85. The number of aliphatic carboxylic acids is 1. The smallest absolute Gasteiger partial charge is 0.303 e. The van der Waals surface area contributed by atoms with E-state index in [9.17, 15) is 4.79 Å². The second kappa shape index (κ2) is 5.31. The number of rotatable bonds is 5. The number of nitrogens with two attached hydrogens (primary N) is 1. The van der Waals surface area contributed by atoms with Crippen LogP contribution < -0.4 is 5.73 Å². The number of aromatic nitrogens is 3. The molecule has 0 spiro atoms. The minimum absolute atomic E-state index is 0.121. The molecule has 0 radical (unpaired) electrons. The van der Waals surface area contributed by atoms with E-state index in [1.807, 2.05) is 24.3 Å². The maximum Gasteiger partial charge on any atom is 0.303 e. The summed E-state index contributed by atoms with van der Waals surface area (Å²) in [5, 5.41) is 16.4. The van der Waals surface area contributed by atoms with Crippen molar-refractivity contribution in [2.75, 3.05) is 5.73 Å². The van der Waals surface area contributed by atoms with Crippen molar-refractivity contribution in [2.45, 2.75) is 19.4 Å². The minimum atomic E-state index is -0.805. The van der Waals surface area contributed by atoms with Crippen molar-refractivity contribution >= 4 is 11.7 Å². The fraction of sp³-hybridized carbons (Fsp3) is 0.250. The van der Waals surface area contributed by atoms with Crippen LogP contribution in [0.1, 0.15) is 12.8 Å². The summed E-state index contributed by atoms with van der Waals surface area (Å²) >= 11 is 0. The van der Waals surface area contributed by atoms with E-state index in [1.54, 1.807) is 10.9 Å². The van der Waals surface area contributed by atoms with Gasteiger partial charge in [-0.15, -0.1) is 5.10 Å². The van der Waals surface area contributed by atoms with E-state index in [2.05, 4.69) is 10.3 Å². The number of carbonyl (C=O) groups is 1. The van der Waals surface area contributed by atoms with E-state index in [-0.39, 0.29) is 6.42 Å². The van der Waals surface area contributed by atoms with Gasteiger partial charge < -0.3 is 10.8 Å². The third-order valence-corrected chi connectivity index (χ3v) is 2.56. The SMILES string of the molecule is Nc1cccc(-c2cnnn2CCCC(=O)O)c1. The van der Waals surface area contributed by atoms with Gasteiger partial charge in [-0.05, 0) is 18.6 Å². The van der Waals surface area contributed by atoms with Crippen LogP contribution in [0.3, 0.4) is 0 Å². The maximum atomic E-state index is 10.5. The summed E-state index contributed by atoms with van der Waals surface area (Å²) in [6.45, 7) is 0.524. The van der Waals surface area contributed by atoms with E-state index in [0.717, 1.165) is 11.3 Å². The number of anilines is 1. The summed E-state index contributed by atoms with van der Waals surface area (Å²) in [6, 6.07) is 7.43. The Balaban J connectivity index is 2.15. The average Bonchev–Trinajstić information content (AvgIpc) is 2.77. The van der Waals surface area contributed by atoms with Crippen molar-refractivity contribution in [3.8, 4) is 11.3 Å². The van der Waals surface area contributed by atoms with E-state index < -0.39 is 5.97 Å². The Morgan fingerprint density at radius 3 is 3.00 bits per heavy atom. The highest BCUT2D eigenvalue weighted by molar-refractivity contribution is 5.66. The van der Waals surface area contributed by atoms with Crippen molar-refractivity contribution in [2.24, 2.45) is 0 Å². The quantitative estimate of drug-likeness (QED) is 0.777. The second-order valence-electron chi connectivity index (χ2n) is 3.97. The normalized spacial score (nSPS) is 10.4. The van der Waals surface area contributed by atoms with E-state index in [4.69, 9.17) is 10.8 Å². The highest BCUT2D eigenvalue weighted by Crippen LogP contribution is 2.20. The van der Waals surface area contributed by atoms with Gasteiger partial charge in [0.05, 0.1) is 11.9 Å². The highest BCUT2D eigenvalue weighted by atomic mass is 16.4. The first-order valence-corrected chi connectivity index (χ1v) is 5.63. The lowest BCUT2D eigenvalue weighted by atomic mass is 10.1. The van der Waals surface area contributed by atoms with E-state index >= 15 is 0 Å². The molecular weight excluding hydrogens is 232 g/mol. The molecule has 18 heavy (non-hydrogen) atoms. The number of aryl methyl sites for hydroxylation is 1. The Labute approximate surface area is 104 Å². The Morgan fingerprint density at radius 2 is 2.28 bits per heavy atom. The van der Waals surface area contributed by atoms with Gasteiger partial charge in [0.15, 0.2) is 0 Å². The van der Waals surface area contributed by atoms with Crippen LogP contribution in [0.15, 0.2) is 30.5 Å². The lowest BCUT2D eigenvalue weighted by Crippen LogP contribution is -2.05. The molecule has 2 aromatic rings. The number of carboxylic acids is 1. The Kier molecular flexibility index (Phi) is 3.57. The zero-order chi connectivity index (χ0) is 13.0. The lowest BCUT2D eigenvalue weighted by molar-refractivity contribution is -0.137. The summed E-state index contributed by atoms with van der Waals surface area (Å²) in [4.78, 5) is 10.5. The van der Waals surface area contributed by atoms with Crippen molar-refractivity contribution in [1.29, 1.82) is 0 Å². The fourth-order valence-corrected chi connectivity index (χ4v) is 1.72. The average molecular weight is 246 g/mol. The van der Waals surface area contributed by atoms with E-state index in [0.29, 0.717) is 18.7 Å². The predicted octanol–water partition coefficient (Wildman–Crippen LogP) is 1.39. The predicted molar refractivity (Wildman–Crippen MR) is 66.7 cm³/mol. The summed E-state index contributed by atoms with van der Waals surface area (Å²) in [6.07, 6.45) is 2.29. The second-order valence-corrected chi connectivity index (χ2v) is 3.97. The Morgan fingerprint density at radius 1 is 1.44 bits per heavy atom. The maximum absolute atomic E-state index is 10.5. The molecule has 6 heteroatoms. The molecule has 0 saturated heterocycles. The number of nitrogens with zero attached hydrogens (tertiary/aromatic N) is 3. The molecule has 0 fully saturated rings. The molecular formula is C12H14N4O2. The first-order chi connectivity index (χ1) is 8.66. The van der Waals surface area contributed by atoms with Crippen molar-refractivity contribution in [3.05, 3.63) is 30.5 Å². The number of hydrogen-bond donors (Lipinski definition) is 2. The molecule has 1 aromatic heterocycles. The number of benzene rings is 1. The van der Waals surface area contributed by atoms with E-state index in [1.165, 1.54) is 0 Å². The van der Waals surface area contributed by atoms with Crippen LogP contribution in [0.4, 0.5) is 5.69 Å². The molecule has 1 heterocycles. The summed E-state index contributed by atoms with van der Waals surface area (Å²) < 4.78 is 1.69. The van der Waals surface area contributed by atoms with Crippen LogP contribution in [0.25, 0.3) is 11.3 Å². The topological polar surface area (TPSA) is 94.0 Å². The zero-order valence-corrected chi connectivity index (χ0v) is 9.78. The number of nitrogen functional groups attached to an aromatic ring is 1. The van der Waals surface area contributed by atoms with Crippen molar-refractivity contribution in [3.63, 3.8) is 0 Å². The van der Waals surface area contributed by atoms with Crippen LogP contribution >= 0.6 is 0 Å². The van der Waals surface area contributed by atoms with Crippen molar-refractivity contribution in [1.82, 2.24) is 15.0 Å². The standard InChI is InChI=1S/C12H14N4O2/c13-10-4-1-3-9(7-10)11-8-14-15-16(11)6-2-5-12(17)18/h1,3-4,7-8H,2,5-6,13H2,(H,17,18). The summed E-state index contributed by atoms with van der Waals surface area (Å²) in [7, 11) is 0. The fourth-order valence-electron chi connectivity index (χ4n) is 1.72. The Hall–Kier alpha value is -2.37. The molecule has 0 amide bonds. The molecule has 1 aromatic carbocycles. The minimum Gasteiger partial charge on any atom is -0.481 e. The number of carboxylic acid groups (broad SMARTS) is 1. The molecule has 3 N–H and O–H groups in total. The first-order valence-electron chi connectivity index (χ1n) is 5.63. The molecule has 0 unspecified atom stereocenters. The first kappa shape index (κ1) is 12.1. The monoisotopic (exact) mass is 246 g/mol. The molecule has 0 atom stereocenters. The summed E-state index contributed by atoms with van der Waals surface area (Å²) in [5.41, 5.74) is 8.17. The summed E-state index contributed by atoms with van der Waals surface area (Å²) in [5.74, 6) is -0.805. The van der Waals surface area contributed by atoms with Gasteiger partial charge in [-0.25, -0.2) is 4.68 Å². The van der Waals surface area contributed by atoms with Gasteiger partial charge in [-0.1, -0.05) is 17.3 Å². The van der Waals surface area contributed by atoms with Crippen LogP contribution in [0, 0.1) is 0 Å². The van der Waals surface area contributed by atoms with Gasteiger partial charge >= 0.3 is 5.97 Å². The van der Waals surface area contributed by atoms with Gasteiger partial charge in [0.1, 0.15) is 0 Å². The van der Waals surface area contributed by atoms with Crippen molar-refractivity contribution < 1.29 is 9.90 Å². The molecule has 2 rings (SSSR count). The zero-order valence-electron chi connectivity index (χ0n) is 9.78. The molecule has 94 valence electrons. The van der Waals surface area contributed by atoms with Gasteiger partial charge in [0, 0.05) is 24.2 Å². The van der Waals surface area contributed by atoms with Crippen LogP contribution in [0.2, 0.25) is 0 Å². The van der Waals surface area contributed by atoms with Crippen LogP contribution in [-0.4, -0.2) is 26.1 Å². The Bertz CT molecular complexity index is 551. The van der Waals surface area contributed by atoms with Gasteiger partial charge in [0.2, 0.25) is 0 Å². The third-order valence-electron chi connectivity index (χ3n) is 2.56. The lowest BCUT2D eigenvalue weighted by Gasteiger charge is -2.05. The molecule has 6 nitrogen and oxygen atoms in total. The molecule has 0 aliphatic heterocycles. The van der Waals surface area contributed by atoms with Crippen LogP contribution in [0.5, 0.6) is 0 Å². The number of hydrogen-bond acceptors (Lipinski definition) is 4. The van der Waals surface area contributed by atoms with Gasteiger partial charge in [-0.3, -0.25) is 4.79 Å². The molecule has 0 saturated carbocycles. The molecule has 0 aliphatic rings. The largest absolute Gasteiger partial charge is 0.481 e. The van der Waals surface area contributed by atoms with Crippen LogP contribution in [-0.2, 0) is 11.3 Å².